The fourth-order valence-electron chi connectivity index (χ4n) is 2.90. The highest BCUT2D eigenvalue weighted by Crippen LogP contribution is 2.29. The number of aliphatic hydroxyl groups is 1. The Hall–Kier alpha value is -0.860. The number of aryl methyl sites for hydroxylation is 2. The molecule has 0 spiro atoms. The molecule has 1 aliphatic heterocycles. The molecule has 1 N–H and O–H groups in total. The molecule has 1 aliphatic rings. The van der Waals surface area contributed by atoms with Gasteiger partial charge in [0.2, 0.25) is 0 Å². The Kier molecular flexibility index (Phi) is 4.08. The van der Waals surface area contributed by atoms with E-state index in [2.05, 4.69) is 43.9 Å². The third kappa shape index (κ3) is 3.12. The molecule has 0 aliphatic carbocycles. The van der Waals surface area contributed by atoms with Gasteiger partial charge in [-0.1, -0.05) is 30.7 Å². The summed E-state index contributed by atoms with van der Waals surface area (Å²) in [5.41, 5.74) is 4.22. The summed E-state index contributed by atoms with van der Waals surface area (Å²) < 4.78 is 0. The molecule has 2 heteroatoms. The molecule has 2 rings (SSSR count). The van der Waals surface area contributed by atoms with Crippen molar-refractivity contribution in [2.24, 2.45) is 5.41 Å². The second-order valence-electron chi connectivity index (χ2n) is 6.21. The van der Waals surface area contributed by atoms with Gasteiger partial charge in [-0.2, -0.15) is 0 Å². The number of likely N-dealkylation sites (tertiary alicyclic amines) is 1. The molecule has 0 bridgehead atoms. The highest BCUT2D eigenvalue weighted by Gasteiger charge is 2.30. The summed E-state index contributed by atoms with van der Waals surface area (Å²) >= 11 is 0. The zero-order valence-electron chi connectivity index (χ0n) is 11.9. The fraction of sp³-hybridized carbons (Fsp3) is 0.625. The van der Waals surface area contributed by atoms with E-state index < -0.39 is 0 Å². The van der Waals surface area contributed by atoms with E-state index in [1.807, 2.05) is 0 Å². The van der Waals surface area contributed by atoms with Gasteiger partial charge in [-0.25, -0.2) is 0 Å². The van der Waals surface area contributed by atoms with Crippen LogP contribution in [-0.4, -0.2) is 29.7 Å². The van der Waals surface area contributed by atoms with E-state index in [9.17, 15) is 5.11 Å². The first-order chi connectivity index (χ1) is 8.52. The van der Waals surface area contributed by atoms with Crippen molar-refractivity contribution < 1.29 is 5.11 Å². The van der Waals surface area contributed by atoms with Crippen LogP contribution in [0, 0.1) is 19.3 Å². The van der Waals surface area contributed by atoms with Gasteiger partial charge in [-0.15, -0.1) is 0 Å². The van der Waals surface area contributed by atoms with Gasteiger partial charge in [0.15, 0.2) is 0 Å². The van der Waals surface area contributed by atoms with Gasteiger partial charge in [-0.05, 0) is 44.4 Å². The van der Waals surface area contributed by atoms with Crippen molar-refractivity contribution in [3.05, 3.63) is 34.9 Å². The van der Waals surface area contributed by atoms with Gasteiger partial charge in [-0.3, -0.25) is 4.90 Å². The minimum absolute atomic E-state index is 0.0932. The maximum absolute atomic E-state index is 9.51. The molecule has 1 aromatic rings. The van der Waals surface area contributed by atoms with Crippen LogP contribution in [0.25, 0.3) is 0 Å². The SMILES string of the molecule is Cc1ccc(C)c(CN2CCCC(C)(CO)C2)c1. The third-order valence-electron chi connectivity index (χ3n) is 4.14. The van der Waals surface area contributed by atoms with Gasteiger partial charge >= 0.3 is 0 Å². The molecular formula is C16H25NO. The molecule has 0 aromatic heterocycles. The van der Waals surface area contributed by atoms with Crippen LogP contribution >= 0.6 is 0 Å². The number of piperidine rings is 1. The Morgan fingerprint density at radius 3 is 2.83 bits per heavy atom. The van der Waals surface area contributed by atoms with E-state index in [0.29, 0.717) is 6.61 Å². The molecule has 1 unspecified atom stereocenters. The summed E-state index contributed by atoms with van der Waals surface area (Å²) in [6.45, 7) is 10.0. The Labute approximate surface area is 111 Å². The number of aliphatic hydroxyl groups excluding tert-OH is 1. The minimum Gasteiger partial charge on any atom is -0.396 e. The lowest BCUT2D eigenvalue weighted by atomic mass is 9.82. The summed E-state index contributed by atoms with van der Waals surface area (Å²) in [6.07, 6.45) is 2.34. The lowest BCUT2D eigenvalue weighted by Crippen LogP contribution is -2.43. The predicted molar refractivity (Wildman–Crippen MR) is 75.6 cm³/mol. The van der Waals surface area contributed by atoms with Gasteiger partial charge < -0.3 is 5.11 Å². The van der Waals surface area contributed by atoms with Crippen molar-refractivity contribution in [1.82, 2.24) is 4.90 Å². The van der Waals surface area contributed by atoms with Crippen molar-refractivity contribution >= 4 is 0 Å². The Balaban J connectivity index is 2.07. The van der Waals surface area contributed by atoms with Gasteiger partial charge in [0.1, 0.15) is 0 Å². The molecule has 0 radical (unpaired) electrons. The quantitative estimate of drug-likeness (QED) is 0.888. The molecule has 1 fully saturated rings. The lowest BCUT2D eigenvalue weighted by molar-refractivity contribution is 0.0428. The second-order valence-corrected chi connectivity index (χ2v) is 6.21. The predicted octanol–water partition coefficient (Wildman–Crippen LogP) is 2.90. The molecule has 0 saturated carbocycles. The number of hydrogen-bond acceptors (Lipinski definition) is 2. The molecule has 100 valence electrons. The molecule has 0 amide bonds. The maximum atomic E-state index is 9.51. The van der Waals surface area contributed by atoms with E-state index in [0.717, 1.165) is 26.1 Å². The van der Waals surface area contributed by atoms with E-state index >= 15 is 0 Å². The highest BCUT2D eigenvalue weighted by atomic mass is 16.3. The largest absolute Gasteiger partial charge is 0.396 e. The molecule has 18 heavy (non-hydrogen) atoms. The van der Waals surface area contributed by atoms with Crippen molar-refractivity contribution in [1.29, 1.82) is 0 Å². The Morgan fingerprint density at radius 2 is 2.11 bits per heavy atom. The zero-order chi connectivity index (χ0) is 13.2. The number of hydrogen-bond donors (Lipinski definition) is 1. The summed E-state index contributed by atoms with van der Waals surface area (Å²) in [5.74, 6) is 0. The van der Waals surface area contributed by atoms with Crippen molar-refractivity contribution in [2.75, 3.05) is 19.7 Å². The standard InChI is InChI=1S/C16H25NO/c1-13-5-6-14(2)15(9-13)10-17-8-4-7-16(3,11-17)12-18/h5-6,9,18H,4,7-8,10-12H2,1-3H3. The lowest BCUT2D eigenvalue weighted by Gasteiger charge is -2.39. The van der Waals surface area contributed by atoms with Crippen LogP contribution in [0.5, 0.6) is 0 Å². The highest BCUT2D eigenvalue weighted by molar-refractivity contribution is 5.30. The first kappa shape index (κ1) is 13.6. The smallest absolute Gasteiger partial charge is 0.0497 e. The monoisotopic (exact) mass is 247 g/mol. The number of benzene rings is 1. The molecule has 1 saturated heterocycles. The maximum Gasteiger partial charge on any atom is 0.0497 e. The average Bonchev–Trinajstić information content (AvgIpc) is 2.34. The van der Waals surface area contributed by atoms with E-state index in [-0.39, 0.29) is 5.41 Å². The topological polar surface area (TPSA) is 23.5 Å². The van der Waals surface area contributed by atoms with Crippen molar-refractivity contribution in [2.45, 2.75) is 40.2 Å². The van der Waals surface area contributed by atoms with Gasteiger partial charge in [0.05, 0.1) is 0 Å². The number of rotatable bonds is 3. The fourth-order valence-corrected chi connectivity index (χ4v) is 2.90. The van der Waals surface area contributed by atoms with E-state index in [4.69, 9.17) is 0 Å². The zero-order valence-corrected chi connectivity index (χ0v) is 11.9. The molecule has 2 nitrogen and oxygen atoms in total. The van der Waals surface area contributed by atoms with Gasteiger partial charge in [0, 0.05) is 25.1 Å². The first-order valence-corrected chi connectivity index (χ1v) is 6.92. The van der Waals surface area contributed by atoms with Crippen LogP contribution in [0.3, 0.4) is 0 Å². The molecule has 1 atom stereocenters. The molecular weight excluding hydrogens is 222 g/mol. The van der Waals surface area contributed by atoms with Crippen molar-refractivity contribution in [3.63, 3.8) is 0 Å². The summed E-state index contributed by atoms with van der Waals surface area (Å²) in [5, 5.41) is 9.51. The van der Waals surface area contributed by atoms with Crippen LogP contribution in [0.4, 0.5) is 0 Å². The van der Waals surface area contributed by atoms with Crippen molar-refractivity contribution in [3.8, 4) is 0 Å². The van der Waals surface area contributed by atoms with E-state index in [1.165, 1.54) is 23.1 Å². The third-order valence-corrected chi connectivity index (χ3v) is 4.14. The average molecular weight is 247 g/mol. The van der Waals surface area contributed by atoms with Crippen LogP contribution in [0.2, 0.25) is 0 Å². The van der Waals surface area contributed by atoms with E-state index in [1.54, 1.807) is 0 Å². The second kappa shape index (κ2) is 5.41. The number of nitrogens with zero attached hydrogens (tertiary/aromatic N) is 1. The van der Waals surface area contributed by atoms with Crippen LogP contribution in [0.15, 0.2) is 18.2 Å². The summed E-state index contributed by atoms with van der Waals surface area (Å²) in [7, 11) is 0. The minimum atomic E-state index is 0.0932. The Morgan fingerprint density at radius 1 is 1.33 bits per heavy atom. The first-order valence-electron chi connectivity index (χ1n) is 6.92. The van der Waals surface area contributed by atoms with Crippen LogP contribution in [-0.2, 0) is 6.54 Å². The normalized spacial score (nSPS) is 25.3. The molecule has 1 aromatic carbocycles. The summed E-state index contributed by atoms with van der Waals surface area (Å²) in [6, 6.07) is 6.67. The Bertz CT molecular complexity index is 416. The summed E-state index contributed by atoms with van der Waals surface area (Å²) in [4.78, 5) is 2.49. The van der Waals surface area contributed by atoms with Crippen LogP contribution < -0.4 is 0 Å². The van der Waals surface area contributed by atoms with Gasteiger partial charge in [0.25, 0.3) is 0 Å². The van der Waals surface area contributed by atoms with Crippen LogP contribution in [0.1, 0.15) is 36.5 Å². The molecule has 1 heterocycles.